The Kier molecular flexibility index (Phi) is 3.13. The molecule has 16 heavy (non-hydrogen) atoms. The van der Waals surface area contributed by atoms with Crippen molar-refractivity contribution in [3.05, 3.63) is 23.8 Å². The maximum atomic E-state index is 10.8. The zero-order chi connectivity index (χ0) is 11.5. The summed E-state index contributed by atoms with van der Waals surface area (Å²) in [6.07, 6.45) is 0.916. The molecular formula is C13H18N2O. The van der Waals surface area contributed by atoms with Gasteiger partial charge in [0.15, 0.2) is 0 Å². The summed E-state index contributed by atoms with van der Waals surface area (Å²) in [6.45, 7) is 8.44. The minimum atomic E-state index is 0.759. The topological polar surface area (TPSA) is 23.6 Å². The highest BCUT2D eigenvalue weighted by molar-refractivity contribution is 5.83. The summed E-state index contributed by atoms with van der Waals surface area (Å²) in [6, 6.07) is 5.95. The van der Waals surface area contributed by atoms with E-state index < -0.39 is 0 Å². The Morgan fingerprint density at radius 2 is 1.75 bits per heavy atom. The molecule has 1 aliphatic heterocycles. The standard InChI is InChI=1S/C13H18N2O/c1-3-14-7-8-15(4-2)13-9-11(10-16)5-6-12(13)14/h5-6,9-10H,3-4,7-8H2,1-2H3. The molecule has 0 bridgehead atoms. The van der Waals surface area contributed by atoms with Crippen LogP contribution in [0.4, 0.5) is 11.4 Å². The second-order valence-corrected chi connectivity index (χ2v) is 4.03. The van der Waals surface area contributed by atoms with E-state index in [1.807, 2.05) is 12.1 Å². The van der Waals surface area contributed by atoms with Crippen molar-refractivity contribution in [2.75, 3.05) is 36.0 Å². The van der Waals surface area contributed by atoms with E-state index in [1.54, 1.807) is 0 Å². The predicted molar refractivity (Wildman–Crippen MR) is 67.6 cm³/mol. The van der Waals surface area contributed by atoms with Gasteiger partial charge >= 0.3 is 0 Å². The molecule has 0 aliphatic carbocycles. The minimum Gasteiger partial charge on any atom is -0.368 e. The van der Waals surface area contributed by atoms with Crippen LogP contribution in [0.25, 0.3) is 0 Å². The number of carbonyl (C=O) groups excluding carboxylic acids is 1. The van der Waals surface area contributed by atoms with Crippen molar-refractivity contribution in [1.29, 1.82) is 0 Å². The zero-order valence-corrected chi connectivity index (χ0v) is 9.94. The van der Waals surface area contributed by atoms with Crippen molar-refractivity contribution in [3.63, 3.8) is 0 Å². The maximum Gasteiger partial charge on any atom is 0.150 e. The van der Waals surface area contributed by atoms with Crippen LogP contribution in [0.2, 0.25) is 0 Å². The molecule has 0 spiro atoms. The summed E-state index contributed by atoms with van der Waals surface area (Å²) in [7, 11) is 0. The predicted octanol–water partition coefficient (Wildman–Crippen LogP) is 2.17. The van der Waals surface area contributed by atoms with Crippen molar-refractivity contribution < 1.29 is 4.79 Å². The van der Waals surface area contributed by atoms with Crippen molar-refractivity contribution in [2.24, 2.45) is 0 Å². The van der Waals surface area contributed by atoms with Gasteiger partial charge in [0.1, 0.15) is 6.29 Å². The molecule has 0 saturated heterocycles. The molecule has 1 aliphatic rings. The maximum absolute atomic E-state index is 10.8. The highest BCUT2D eigenvalue weighted by atomic mass is 16.1. The normalized spacial score (nSPS) is 14.9. The van der Waals surface area contributed by atoms with E-state index in [0.29, 0.717) is 0 Å². The number of benzene rings is 1. The van der Waals surface area contributed by atoms with Crippen LogP contribution >= 0.6 is 0 Å². The van der Waals surface area contributed by atoms with Gasteiger partial charge in [0, 0.05) is 31.7 Å². The smallest absolute Gasteiger partial charge is 0.150 e. The van der Waals surface area contributed by atoms with Crippen molar-refractivity contribution >= 4 is 17.7 Å². The Balaban J connectivity index is 2.45. The fourth-order valence-electron chi connectivity index (χ4n) is 2.27. The van der Waals surface area contributed by atoms with Crippen LogP contribution < -0.4 is 9.80 Å². The van der Waals surface area contributed by atoms with Crippen molar-refractivity contribution in [2.45, 2.75) is 13.8 Å². The monoisotopic (exact) mass is 218 g/mol. The first kappa shape index (κ1) is 11.0. The Morgan fingerprint density at radius 1 is 1.12 bits per heavy atom. The molecule has 0 radical (unpaired) electrons. The van der Waals surface area contributed by atoms with Crippen LogP contribution in [0.5, 0.6) is 0 Å². The fraction of sp³-hybridized carbons (Fsp3) is 0.462. The molecule has 86 valence electrons. The molecule has 0 saturated carbocycles. The second-order valence-electron chi connectivity index (χ2n) is 4.03. The van der Waals surface area contributed by atoms with E-state index in [0.717, 1.165) is 38.0 Å². The van der Waals surface area contributed by atoms with Gasteiger partial charge in [-0.3, -0.25) is 4.79 Å². The third-order valence-corrected chi connectivity index (χ3v) is 3.22. The van der Waals surface area contributed by atoms with E-state index in [9.17, 15) is 4.79 Å². The average molecular weight is 218 g/mol. The number of anilines is 2. The summed E-state index contributed by atoms with van der Waals surface area (Å²) in [5, 5.41) is 0. The summed E-state index contributed by atoms with van der Waals surface area (Å²) < 4.78 is 0. The Bertz CT molecular complexity index is 390. The molecule has 1 aromatic carbocycles. The first-order chi connectivity index (χ1) is 7.80. The number of rotatable bonds is 3. The highest BCUT2D eigenvalue weighted by Crippen LogP contribution is 2.33. The average Bonchev–Trinajstić information content (AvgIpc) is 2.36. The second kappa shape index (κ2) is 4.56. The van der Waals surface area contributed by atoms with Gasteiger partial charge in [-0.15, -0.1) is 0 Å². The first-order valence-electron chi connectivity index (χ1n) is 5.89. The van der Waals surface area contributed by atoms with Gasteiger partial charge < -0.3 is 9.80 Å². The number of nitrogens with zero attached hydrogens (tertiary/aromatic N) is 2. The lowest BCUT2D eigenvalue weighted by atomic mass is 10.1. The molecule has 2 rings (SSSR count). The van der Waals surface area contributed by atoms with E-state index in [4.69, 9.17) is 0 Å². The zero-order valence-electron chi connectivity index (χ0n) is 9.94. The van der Waals surface area contributed by atoms with Gasteiger partial charge in [-0.05, 0) is 32.0 Å². The SMILES string of the molecule is CCN1CCN(CC)c2cc(C=O)ccc21. The van der Waals surface area contributed by atoms with Gasteiger partial charge in [0.05, 0.1) is 11.4 Å². The summed E-state index contributed by atoms with van der Waals surface area (Å²) in [5.41, 5.74) is 3.21. The molecule has 3 nitrogen and oxygen atoms in total. The summed E-state index contributed by atoms with van der Waals surface area (Å²) in [4.78, 5) is 15.5. The largest absolute Gasteiger partial charge is 0.368 e. The van der Waals surface area contributed by atoms with Crippen LogP contribution in [0.1, 0.15) is 24.2 Å². The highest BCUT2D eigenvalue weighted by Gasteiger charge is 2.20. The van der Waals surface area contributed by atoms with Crippen LogP contribution in [-0.4, -0.2) is 32.5 Å². The van der Waals surface area contributed by atoms with Gasteiger partial charge in [-0.2, -0.15) is 0 Å². The van der Waals surface area contributed by atoms with Gasteiger partial charge in [-0.25, -0.2) is 0 Å². The molecule has 0 amide bonds. The Morgan fingerprint density at radius 3 is 2.31 bits per heavy atom. The van der Waals surface area contributed by atoms with Gasteiger partial charge in [-0.1, -0.05) is 0 Å². The Hall–Kier alpha value is -1.51. The lowest BCUT2D eigenvalue weighted by Crippen LogP contribution is -2.40. The molecule has 3 heteroatoms. The van der Waals surface area contributed by atoms with E-state index in [1.165, 1.54) is 11.4 Å². The van der Waals surface area contributed by atoms with Gasteiger partial charge in [0.25, 0.3) is 0 Å². The first-order valence-corrected chi connectivity index (χ1v) is 5.89. The molecule has 0 unspecified atom stereocenters. The van der Waals surface area contributed by atoms with Crippen LogP contribution in [0, 0.1) is 0 Å². The number of hydrogen-bond donors (Lipinski definition) is 0. The lowest BCUT2D eigenvalue weighted by molar-refractivity contribution is 0.112. The number of hydrogen-bond acceptors (Lipinski definition) is 3. The van der Waals surface area contributed by atoms with E-state index >= 15 is 0 Å². The summed E-state index contributed by atoms with van der Waals surface area (Å²) in [5.74, 6) is 0. The van der Waals surface area contributed by atoms with E-state index in [-0.39, 0.29) is 0 Å². The van der Waals surface area contributed by atoms with E-state index in [2.05, 4.69) is 29.7 Å². The third kappa shape index (κ3) is 1.77. The number of carbonyl (C=O) groups is 1. The molecule has 0 atom stereocenters. The van der Waals surface area contributed by atoms with Crippen LogP contribution in [-0.2, 0) is 0 Å². The van der Waals surface area contributed by atoms with Crippen LogP contribution in [0.15, 0.2) is 18.2 Å². The number of aldehydes is 1. The molecule has 0 aromatic heterocycles. The van der Waals surface area contributed by atoms with Gasteiger partial charge in [0.2, 0.25) is 0 Å². The molecule has 1 heterocycles. The number of likely N-dealkylation sites (N-methyl/N-ethyl adjacent to an activating group) is 2. The molecular weight excluding hydrogens is 200 g/mol. The molecule has 0 N–H and O–H groups in total. The lowest BCUT2D eigenvalue weighted by Gasteiger charge is -2.38. The molecule has 0 fully saturated rings. The van der Waals surface area contributed by atoms with Crippen LogP contribution in [0.3, 0.4) is 0 Å². The number of fused-ring (bicyclic) bond motifs is 1. The quantitative estimate of drug-likeness (QED) is 0.726. The molecule has 1 aromatic rings. The van der Waals surface area contributed by atoms with Crippen molar-refractivity contribution in [1.82, 2.24) is 0 Å². The van der Waals surface area contributed by atoms with Crippen molar-refractivity contribution in [3.8, 4) is 0 Å². The summed E-state index contributed by atoms with van der Waals surface area (Å²) >= 11 is 0. The minimum absolute atomic E-state index is 0.759. The Labute approximate surface area is 96.7 Å². The fourth-order valence-corrected chi connectivity index (χ4v) is 2.27. The third-order valence-electron chi connectivity index (χ3n) is 3.22.